The summed E-state index contributed by atoms with van der Waals surface area (Å²) in [6.07, 6.45) is 0. The average Bonchev–Trinajstić information content (AvgIpc) is 2.74. The number of nitrogen functional groups attached to an aromatic ring is 1. The van der Waals surface area contributed by atoms with Crippen molar-refractivity contribution < 1.29 is 9.53 Å². The van der Waals surface area contributed by atoms with Gasteiger partial charge in [0.2, 0.25) is 0 Å². The fraction of sp³-hybridized carbons (Fsp3) is 0.615. The van der Waals surface area contributed by atoms with Gasteiger partial charge in [-0.15, -0.1) is 11.3 Å². The Morgan fingerprint density at radius 2 is 2.20 bits per heavy atom. The first kappa shape index (κ1) is 14.9. The van der Waals surface area contributed by atoms with Crippen LogP contribution in [0.5, 0.6) is 5.75 Å². The van der Waals surface area contributed by atoms with E-state index in [4.69, 9.17) is 10.5 Å². The molecule has 1 aromatic rings. The van der Waals surface area contributed by atoms with Crippen molar-refractivity contribution >= 4 is 27.9 Å². The number of nitrogens with two attached hydrogens (primary N) is 1. The predicted molar refractivity (Wildman–Crippen MR) is 83.0 cm³/mol. The molecule has 0 bridgehead atoms. The standard InChI is InChI=1S/C13H22N4O2S/c1-8-7-16(3)5-6-17(8)13-10(19-4)9(14)11(20-13)12(18)15-2/h8H,5-7,14H2,1-4H3,(H,15,18). The van der Waals surface area contributed by atoms with Crippen LogP contribution in [-0.4, -0.2) is 57.7 Å². The van der Waals surface area contributed by atoms with E-state index in [1.165, 1.54) is 11.3 Å². The molecule has 6 nitrogen and oxygen atoms in total. The van der Waals surface area contributed by atoms with Crippen molar-refractivity contribution in [2.75, 3.05) is 51.5 Å². The number of methoxy groups -OCH3 is 1. The number of rotatable bonds is 3. The molecule has 1 saturated heterocycles. The molecule has 0 saturated carbocycles. The molecule has 2 heterocycles. The molecule has 1 aliphatic heterocycles. The summed E-state index contributed by atoms with van der Waals surface area (Å²) in [6, 6.07) is 0.359. The van der Waals surface area contributed by atoms with E-state index in [0.717, 1.165) is 24.6 Å². The Kier molecular flexibility index (Phi) is 4.39. The summed E-state index contributed by atoms with van der Waals surface area (Å²) in [5.74, 6) is 0.448. The minimum absolute atomic E-state index is 0.168. The Morgan fingerprint density at radius 1 is 1.50 bits per heavy atom. The summed E-state index contributed by atoms with van der Waals surface area (Å²) in [5, 5.41) is 3.57. The summed E-state index contributed by atoms with van der Waals surface area (Å²) in [6.45, 7) is 5.04. The van der Waals surface area contributed by atoms with Crippen LogP contribution >= 0.6 is 11.3 Å². The number of anilines is 2. The molecule has 0 aliphatic carbocycles. The molecule has 1 aromatic heterocycles. The van der Waals surface area contributed by atoms with Gasteiger partial charge in [-0.05, 0) is 14.0 Å². The van der Waals surface area contributed by atoms with E-state index in [1.807, 2.05) is 0 Å². The molecular formula is C13H22N4O2S. The van der Waals surface area contributed by atoms with Crippen LogP contribution in [0.25, 0.3) is 0 Å². The molecule has 1 aliphatic rings. The summed E-state index contributed by atoms with van der Waals surface area (Å²) in [4.78, 5) is 17.0. The molecule has 2 rings (SSSR count). The van der Waals surface area contributed by atoms with Gasteiger partial charge in [0.25, 0.3) is 5.91 Å². The zero-order chi connectivity index (χ0) is 14.9. The fourth-order valence-corrected chi connectivity index (χ4v) is 3.79. The highest BCUT2D eigenvalue weighted by molar-refractivity contribution is 7.19. The van der Waals surface area contributed by atoms with Gasteiger partial charge >= 0.3 is 0 Å². The number of carbonyl (C=O) groups is 1. The van der Waals surface area contributed by atoms with Crippen LogP contribution in [0.4, 0.5) is 10.7 Å². The number of nitrogens with zero attached hydrogens (tertiary/aromatic N) is 2. The van der Waals surface area contributed by atoms with Gasteiger partial charge in [0.1, 0.15) is 15.6 Å². The molecule has 112 valence electrons. The third kappa shape index (κ3) is 2.55. The largest absolute Gasteiger partial charge is 0.492 e. The van der Waals surface area contributed by atoms with Crippen LogP contribution < -0.4 is 20.7 Å². The lowest BCUT2D eigenvalue weighted by Crippen LogP contribution is -2.50. The van der Waals surface area contributed by atoms with Crippen molar-refractivity contribution in [2.24, 2.45) is 0 Å². The molecular weight excluding hydrogens is 276 g/mol. The Bertz CT molecular complexity index is 503. The quantitative estimate of drug-likeness (QED) is 0.865. The molecule has 7 heteroatoms. The molecule has 3 N–H and O–H groups in total. The Labute approximate surface area is 123 Å². The number of amides is 1. The lowest BCUT2D eigenvalue weighted by Gasteiger charge is -2.39. The maximum atomic E-state index is 11.9. The fourth-order valence-electron chi connectivity index (χ4n) is 2.53. The molecule has 1 fully saturated rings. The average molecular weight is 298 g/mol. The van der Waals surface area contributed by atoms with Gasteiger partial charge in [0.15, 0.2) is 5.75 Å². The summed E-state index contributed by atoms with van der Waals surface area (Å²) < 4.78 is 5.43. The summed E-state index contributed by atoms with van der Waals surface area (Å²) in [7, 11) is 5.31. The maximum absolute atomic E-state index is 11.9. The first-order chi connectivity index (χ1) is 9.49. The maximum Gasteiger partial charge on any atom is 0.263 e. The van der Waals surface area contributed by atoms with E-state index in [0.29, 0.717) is 22.4 Å². The van der Waals surface area contributed by atoms with Crippen molar-refractivity contribution in [3.05, 3.63) is 4.88 Å². The lowest BCUT2D eigenvalue weighted by atomic mass is 10.2. The predicted octanol–water partition coefficient (Wildman–Crippen LogP) is 0.839. The van der Waals surface area contributed by atoms with Crippen LogP contribution in [0.15, 0.2) is 0 Å². The molecule has 20 heavy (non-hydrogen) atoms. The lowest BCUT2D eigenvalue weighted by molar-refractivity contribution is 0.0967. The van der Waals surface area contributed by atoms with Gasteiger partial charge in [-0.25, -0.2) is 0 Å². The van der Waals surface area contributed by atoms with E-state index < -0.39 is 0 Å². The van der Waals surface area contributed by atoms with Gasteiger partial charge < -0.3 is 25.6 Å². The number of thiophene rings is 1. The zero-order valence-electron chi connectivity index (χ0n) is 12.4. The van der Waals surface area contributed by atoms with Crippen LogP contribution in [0.2, 0.25) is 0 Å². The summed E-state index contributed by atoms with van der Waals surface area (Å²) >= 11 is 1.40. The smallest absolute Gasteiger partial charge is 0.263 e. The van der Waals surface area contributed by atoms with Crippen molar-refractivity contribution in [3.8, 4) is 5.75 Å². The van der Waals surface area contributed by atoms with Crippen LogP contribution in [0, 0.1) is 0 Å². The highest BCUT2D eigenvalue weighted by Crippen LogP contribution is 2.45. The van der Waals surface area contributed by atoms with Crippen molar-refractivity contribution in [1.82, 2.24) is 10.2 Å². The monoisotopic (exact) mass is 298 g/mol. The third-order valence-corrected chi connectivity index (χ3v) is 4.83. The van der Waals surface area contributed by atoms with Crippen LogP contribution in [-0.2, 0) is 0 Å². The van der Waals surface area contributed by atoms with E-state index in [9.17, 15) is 4.79 Å². The third-order valence-electron chi connectivity index (χ3n) is 3.61. The number of likely N-dealkylation sites (N-methyl/N-ethyl adjacent to an activating group) is 1. The summed E-state index contributed by atoms with van der Waals surface area (Å²) in [5.41, 5.74) is 6.49. The molecule has 1 atom stereocenters. The van der Waals surface area contributed by atoms with Gasteiger partial charge in [-0.3, -0.25) is 4.79 Å². The van der Waals surface area contributed by atoms with Crippen LogP contribution in [0.3, 0.4) is 0 Å². The Hall–Kier alpha value is -1.47. The van der Waals surface area contributed by atoms with Crippen LogP contribution in [0.1, 0.15) is 16.6 Å². The number of ether oxygens (including phenoxy) is 1. The number of carbonyl (C=O) groups excluding carboxylic acids is 1. The van der Waals surface area contributed by atoms with E-state index in [-0.39, 0.29) is 5.91 Å². The number of hydrogen-bond donors (Lipinski definition) is 2. The van der Waals surface area contributed by atoms with Crippen molar-refractivity contribution in [1.29, 1.82) is 0 Å². The van der Waals surface area contributed by atoms with E-state index in [2.05, 4.69) is 29.1 Å². The zero-order valence-corrected chi connectivity index (χ0v) is 13.2. The SMILES string of the molecule is CNC(=O)c1sc(N2CCN(C)CC2C)c(OC)c1N. The van der Waals surface area contributed by atoms with Gasteiger partial charge in [0, 0.05) is 32.7 Å². The minimum atomic E-state index is -0.168. The minimum Gasteiger partial charge on any atom is -0.492 e. The van der Waals surface area contributed by atoms with Gasteiger partial charge in [0.05, 0.1) is 7.11 Å². The van der Waals surface area contributed by atoms with Crippen molar-refractivity contribution in [3.63, 3.8) is 0 Å². The Morgan fingerprint density at radius 3 is 2.75 bits per heavy atom. The molecule has 0 radical (unpaired) electrons. The Balaban J connectivity index is 2.38. The van der Waals surface area contributed by atoms with Crippen molar-refractivity contribution in [2.45, 2.75) is 13.0 Å². The second-order valence-electron chi connectivity index (χ2n) is 5.07. The molecule has 0 spiro atoms. The highest BCUT2D eigenvalue weighted by atomic mass is 32.1. The number of nitrogens with one attached hydrogen (secondary N) is 1. The number of hydrogen-bond acceptors (Lipinski definition) is 6. The second kappa shape index (κ2) is 5.88. The molecule has 1 amide bonds. The van der Waals surface area contributed by atoms with Gasteiger partial charge in [-0.2, -0.15) is 0 Å². The van der Waals surface area contributed by atoms with E-state index in [1.54, 1.807) is 14.2 Å². The number of piperazine rings is 1. The van der Waals surface area contributed by atoms with Gasteiger partial charge in [-0.1, -0.05) is 0 Å². The second-order valence-corrected chi connectivity index (χ2v) is 6.07. The highest BCUT2D eigenvalue weighted by Gasteiger charge is 2.29. The topological polar surface area (TPSA) is 70.8 Å². The first-order valence-electron chi connectivity index (χ1n) is 6.63. The first-order valence-corrected chi connectivity index (χ1v) is 7.44. The molecule has 1 unspecified atom stereocenters. The van der Waals surface area contributed by atoms with E-state index >= 15 is 0 Å². The normalized spacial score (nSPS) is 20.0. The molecule has 0 aromatic carbocycles.